The minimum atomic E-state index is -0.467. The molecule has 0 bridgehead atoms. The summed E-state index contributed by atoms with van der Waals surface area (Å²) in [6.07, 6.45) is 9.85. The molecule has 2 amide bonds. The number of aliphatic hydroxyl groups is 1. The molecule has 3 N–H and O–H groups in total. The summed E-state index contributed by atoms with van der Waals surface area (Å²) in [5.41, 5.74) is 1.32. The van der Waals surface area contributed by atoms with E-state index in [-0.39, 0.29) is 12.1 Å². The highest BCUT2D eigenvalue weighted by Crippen LogP contribution is 2.33. The van der Waals surface area contributed by atoms with Gasteiger partial charge in [0.05, 0.1) is 18.2 Å². The van der Waals surface area contributed by atoms with Crippen LogP contribution in [0.4, 0.5) is 5.82 Å². The van der Waals surface area contributed by atoms with Crippen molar-refractivity contribution in [3.8, 4) is 5.75 Å². The zero-order valence-electron chi connectivity index (χ0n) is 18.1. The number of unbranched alkanes of at least 4 members (excludes halogenated alkanes) is 1. The number of aromatic nitrogens is 1. The second-order valence-corrected chi connectivity index (χ2v) is 7.65. The van der Waals surface area contributed by atoms with Crippen molar-refractivity contribution >= 4 is 18.1 Å². The molecule has 0 saturated heterocycles. The van der Waals surface area contributed by atoms with Gasteiger partial charge in [-0.25, -0.2) is 4.98 Å². The monoisotopic (exact) mass is 429 g/mol. The number of allylic oxidation sites excluding steroid dienone is 1. The van der Waals surface area contributed by atoms with E-state index in [4.69, 9.17) is 4.74 Å². The molecule has 0 spiro atoms. The summed E-state index contributed by atoms with van der Waals surface area (Å²) < 4.78 is 5.77. The molecule has 9 nitrogen and oxygen atoms in total. The smallest absolute Gasteiger partial charge is 0.252 e. The van der Waals surface area contributed by atoms with Gasteiger partial charge < -0.3 is 25.0 Å². The van der Waals surface area contributed by atoms with Crippen LogP contribution in [-0.4, -0.2) is 65.8 Å². The van der Waals surface area contributed by atoms with Gasteiger partial charge in [0, 0.05) is 24.6 Å². The van der Waals surface area contributed by atoms with Crippen LogP contribution in [0.1, 0.15) is 43.5 Å². The lowest BCUT2D eigenvalue weighted by molar-refractivity contribution is -0.117. The van der Waals surface area contributed by atoms with E-state index in [0.717, 1.165) is 31.5 Å². The molecule has 2 unspecified atom stereocenters. The Kier molecular flexibility index (Phi) is 8.02. The quantitative estimate of drug-likeness (QED) is 0.381. The summed E-state index contributed by atoms with van der Waals surface area (Å²) in [5, 5.41) is 15.5. The first kappa shape index (κ1) is 22.8. The third kappa shape index (κ3) is 5.83. The summed E-state index contributed by atoms with van der Waals surface area (Å²) >= 11 is 0. The number of pyridine rings is 1. The Labute approximate surface area is 182 Å². The van der Waals surface area contributed by atoms with Gasteiger partial charge in [-0.1, -0.05) is 13.3 Å². The normalized spacial score (nSPS) is 18.7. The highest BCUT2D eigenvalue weighted by molar-refractivity contribution is 5.94. The lowest BCUT2D eigenvalue weighted by Crippen LogP contribution is -2.44. The van der Waals surface area contributed by atoms with Crippen LogP contribution in [0.5, 0.6) is 5.75 Å². The number of anilines is 1. The molecule has 0 aliphatic carbocycles. The second kappa shape index (κ2) is 10.9. The van der Waals surface area contributed by atoms with Gasteiger partial charge in [0.1, 0.15) is 12.8 Å². The minimum Gasteiger partial charge on any atom is -0.488 e. The van der Waals surface area contributed by atoms with E-state index in [0.29, 0.717) is 43.2 Å². The number of hydrogen-bond acceptors (Lipinski definition) is 7. The van der Waals surface area contributed by atoms with Gasteiger partial charge in [0.2, 0.25) is 6.41 Å². The number of rotatable bonds is 10. The van der Waals surface area contributed by atoms with Crippen LogP contribution in [0.25, 0.3) is 0 Å². The Morgan fingerprint density at radius 1 is 1.45 bits per heavy atom. The fourth-order valence-electron chi connectivity index (χ4n) is 3.40. The fourth-order valence-corrected chi connectivity index (χ4v) is 3.40. The molecule has 31 heavy (non-hydrogen) atoms. The highest BCUT2D eigenvalue weighted by Gasteiger charge is 2.26. The van der Waals surface area contributed by atoms with Crippen LogP contribution in [0.2, 0.25) is 0 Å². The maximum Gasteiger partial charge on any atom is 0.252 e. The van der Waals surface area contributed by atoms with E-state index in [1.807, 2.05) is 17.1 Å². The molecule has 1 aromatic heterocycles. The maximum atomic E-state index is 12.4. The predicted molar refractivity (Wildman–Crippen MR) is 118 cm³/mol. The van der Waals surface area contributed by atoms with Crippen molar-refractivity contribution in [3.63, 3.8) is 0 Å². The third-order valence-corrected chi connectivity index (χ3v) is 5.16. The topological polar surface area (TPSA) is 107 Å². The van der Waals surface area contributed by atoms with E-state index in [1.54, 1.807) is 24.1 Å². The number of aliphatic hydroxyl groups excluding tert-OH is 1. The number of nitrogens with zero attached hydrogens (tertiary/aromatic N) is 3. The Balaban J connectivity index is 1.75. The van der Waals surface area contributed by atoms with Crippen molar-refractivity contribution in [3.05, 3.63) is 41.9 Å². The molecule has 2 atom stereocenters. The van der Waals surface area contributed by atoms with Gasteiger partial charge in [-0.2, -0.15) is 0 Å². The standard InChI is InChI=1S/C22H31N5O4/c1-3-4-7-23-20-13-18(6-9-26(20)15-28)27-10-11-31-19-12-17(14-25-21(19)27)22(30)24-8-5-16(2)29/h6,9,12-16,20,23,29H,3-5,7-8,10-11H2,1-2H3,(H,24,30). The van der Waals surface area contributed by atoms with Crippen LogP contribution in [0.3, 0.4) is 0 Å². The van der Waals surface area contributed by atoms with Crippen LogP contribution in [0, 0.1) is 0 Å². The lowest BCUT2D eigenvalue weighted by atomic mass is 10.1. The van der Waals surface area contributed by atoms with E-state index in [9.17, 15) is 14.7 Å². The Hall–Kier alpha value is -2.91. The van der Waals surface area contributed by atoms with Crippen molar-refractivity contribution in [2.75, 3.05) is 31.1 Å². The number of carbonyl (C=O) groups excluding carboxylic acids is 2. The molecule has 3 heterocycles. The van der Waals surface area contributed by atoms with Gasteiger partial charge in [-0.05, 0) is 44.5 Å². The summed E-state index contributed by atoms with van der Waals surface area (Å²) in [7, 11) is 0. The molecule has 2 aliphatic heterocycles. The third-order valence-electron chi connectivity index (χ3n) is 5.16. The van der Waals surface area contributed by atoms with Gasteiger partial charge in [-0.3, -0.25) is 14.9 Å². The summed E-state index contributed by atoms with van der Waals surface area (Å²) in [6.45, 7) is 6.07. The SMILES string of the molecule is CCCCNC1C=C(N2CCOc3cc(C(=O)NCCC(C)O)cnc32)C=CN1C=O. The molecule has 0 saturated carbocycles. The van der Waals surface area contributed by atoms with Crippen LogP contribution >= 0.6 is 0 Å². The Morgan fingerprint density at radius 3 is 3.03 bits per heavy atom. The molecule has 0 radical (unpaired) electrons. The number of hydrogen-bond donors (Lipinski definition) is 3. The van der Waals surface area contributed by atoms with Crippen molar-refractivity contribution in [1.29, 1.82) is 0 Å². The lowest BCUT2D eigenvalue weighted by Gasteiger charge is -2.35. The first-order valence-electron chi connectivity index (χ1n) is 10.8. The van der Waals surface area contributed by atoms with Gasteiger partial charge in [0.25, 0.3) is 5.91 Å². The van der Waals surface area contributed by atoms with E-state index < -0.39 is 6.10 Å². The molecule has 0 fully saturated rings. The largest absolute Gasteiger partial charge is 0.488 e. The van der Waals surface area contributed by atoms with Gasteiger partial charge in [-0.15, -0.1) is 0 Å². The van der Waals surface area contributed by atoms with Crippen LogP contribution < -0.4 is 20.3 Å². The average molecular weight is 430 g/mol. The minimum absolute atomic E-state index is 0.227. The first-order valence-corrected chi connectivity index (χ1v) is 10.8. The van der Waals surface area contributed by atoms with Crippen molar-refractivity contribution < 1.29 is 19.4 Å². The second-order valence-electron chi connectivity index (χ2n) is 7.65. The first-order chi connectivity index (χ1) is 15.0. The number of ether oxygens (including phenoxy) is 1. The molecular formula is C22H31N5O4. The van der Waals surface area contributed by atoms with Crippen molar-refractivity contribution in [2.45, 2.75) is 45.4 Å². The van der Waals surface area contributed by atoms with Crippen molar-refractivity contribution in [2.24, 2.45) is 0 Å². The fraction of sp³-hybridized carbons (Fsp3) is 0.500. The summed E-state index contributed by atoms with van der Waals surface area (Å²) in [4.78, 5) is 31.9. The molecule has 3 rings (SSSR count). The van der Waals surface area contributed by atoms with E-state index in [1.165, 1.54) is 6.20 Å². The maximum absolute atomic E-state index is 12.4. The van der Waals surface area contributed by atoms with Crippen LogP contribution in [0.15, 0.2) is 36.3 Å². The van der Waals surface area contributed by atoms with Gasteiger partial charge >= 0.3 is 0 Å². The molecular weight excluding hydrogens is 398 g/mol. The van der Waals surface area contributed by atoms with Crippen molar-refractivity contribution in [1.82, 2.24) is 20.5 Å². The Morgan fingerprint density at radius 2 is 2.29 bits per heavy atom. The zero-order valence-corrected chi connectivity index (χ0v) is 18.1. The summed E-state index contributed by atoms with van der Waals surface area (Å²) in [6, 6.07) is 1.69. The Bertz CT molecular complexity index is 839. The summed E-state index contributed by atoms with van der Waals surface area (Å²) in [5.74, 6) is 0.918. The molecule has 2 aliphatic rings. The molecule has 9 heteroatoms. The predicted octanol–water partition coefficient (Wildman–Crippen LogP) is 1.37. The van der Waals surface area contributed by atoms with E-state index >= 15 is 0 Å². The molecule has 0 aromatic carbocycles. The van der Waals surface area contributed by atoms with Crippen LogP contribution in [-0.2, 0) is 4.79 Å². The van der Waals surface area contributed by atoms with Gasteiger partial charge in [0.15, 0.2) is 11.6 Å². The molecule has 1 aromatic rings. The average Bonchev–Trinajstić information content (AvgIpc) is 2.78. The number of fused-ring (bicyclic) bond motifs is 1. The number of carbonyl (C=O) groups is 2. The number of amides is 2. The molecule has 168 valence electrons. The number of nitrogens with one attached hydrogen (secondary N) is 2. The highest BCUT2D eigenvalue weighted by atomic mass is 16.5. The van der Waals surface area contributed by atoms with E-state index in [2.05, 4.69) is 22.5 Å². The zero-order chi connectivity index (χ0) is 22.2.